The van der Waals surface area contributed by atoms with Crippen molar-refractivity contribution in [2.24, 2.45) is 0 Å². The lowest BCUT2D eigenvalue weighted by Gasteiger charge is -2.21. The first kappa shape index (κ1) is 20.4. The zero-order valence-electron chi connectivity index (χ0n) is 17.4. The van der Waals surface area contributed by atoms with Crippen LogP contribution in [0.15, 0.2) is 60.7 Å². The Morgan fingerprint density at radius 2 is 1.83 bits per heavy atom. The maximum Gasteiger partial charge on any atom is 0.247 e. The number of halogens is 1. The van der Waals surface area contributed by atoms with Crippen LogP contribution in [0.4, 0.5) is 0 Å². The van der Waals surface area contributed by atoms with Gasteiger partial charge in [0.15, 0.2) is 0 Å². The summed E-state index contributed by atoms with van der Waals surface area (Å²) in [5.74, 6) is 0.0546. The second-order valence-corrected chi connectivity index (χ2v) is 8.26. The van der Waals surface area contributed by atoms with Crippen molar-refractivity contribution in [1.29, 1.82) is 0 Å². The quantitative estimate of drug-likeness (QED) is 0.480. The monoisotopic (exact) mass is 419 g/mol. The van der Waals surface area contributed by atoms with Crippen LogP contribution in [0.1, 0.15) is 40.9 Å². The van der Waals surface area contributed by atoms with Crippen LogP contribution in [0.25, 0.3) is 6.08 Å². The summed E-state index contributed by atoms with van der Waals surface area (Å²) in [6.07, 6.45) is 5.77. The molecule has 1 aliphatic rings. The predicted molar refractivity (Wildman–Crippen MR) is 121 cm³/mol. The molecule has 0 N–H and O–H groups in total. The Hall–Kier alpha value is -2.85. The Bertz CT molecular complexity index is 1070. The van der Waals surface area contributed by atoms with E-state index in [2.05, 4.69) is 17.2 Å². The lowest BCUT2D eigenvalue weighted by Crippen LogP contribution is -2.31. The van der Waals surface area contributed by atoms with E-state index in [0.717, 1.165) is 45.9 Å². The van der Waals surface area contributed by atoms with Gasteiger partial charge in [0.05, 0.1) is 12.2 Å². The molecule has 0 unspecified atom stereocenters. The van der Waals surface area contributed by atoms with Crippen LogP contribution in [0.5, 0.6) is 0 Å². The fourth-order valence-electron chi connectivity index (χ4n) is 3.70. The number of rotatable bonds is 7. The zero-order chi connectivity index (χ0) is 21.1. The van der Waals surface area contributed by atoms with Crippen LogP contribution < -0.4 is 0 Å². The molecule has 30 heavy (non-hydrogen) atoms. The molecule has 0 bridgehead atoms. The van der Waals surface area contributed by atoms with E-state index in [9.17, 15) is 4.79 Å². The molecule has 0 saturated heterocycles. The average molecular weight is 420 g/mol. The summed E-state index contributed by atoms with van der Waals surface area (Å²) in [4.78, 5) is 14.9. The first-order valence-electron chi connectivity index (χ1n) is 10.3. The third-order valence-electron chi connectivity index (χ3n) is 5.57. The van der Waals surface area contributed by atoms with Crippen molar-refractivity contribution < 1.29 is 4.79 Å². The number of nitrogens with zero attached hydrogens (tertiary/aromatic N) is 3. The Labute approximate surface area is 182 Å². The fraction of sp³-hybridized carbons (Fsp3) is 0.280. The summed E-state index contributed by atoms with van der Waals surface area (Å²) < 4.78 is 1.95. The van der Waals surface area contributed by atoms with Crippen molar-refractivity contribution in [3.63, 3.8) is 0 Å². The number of aryl methyl sites for hydroxylation is 1. The molecule has 1 heterocycles. The second kappa shape index (κ2) is 8.88. The molecule has 3 aromatic rings. The van der Waals surface area contributed by atoms with Gasteiger partial charge in [0.25, 0.3) is 0 Å². The standard InChI is InChI=1S/C25H26ClN3O/c1-18-23(19(2)29(27-18)17-21-10-6-7-11-24(21)26)14-15-25(30)28(22-12-13-22)16-20-8-4-3-5-9-20/h3-11,14-15,22H,12-13,16-17H2,1-2H3. The largest absolute Gasteiger partial charge is 0.332 e. The van der Waals surface area contributed by atoms with E-state index < -0.39 is 0 Å². The number of carbonyl (C=O) groups excluding carboxylic acids is 1. The molecule has 0 atom stereocenters. The first-order chi connectivity index (χ1) is 14.5. The maximum absolute atomic E-state index is 13.0. The van der Waals surface area contributed by atoms with Gasteiger partial charge in [0.1, 0.15) is 0 Å². The minimum Gasteiger partial charge on any atom is -0.332 e. The number of benzene rings is 2. The van der Waals surface area contributed by atoms with Gasteiger partial charge in [-0.25, -0.2) is 0 Å². The molecule has 4 rings (SSSR count). The van der Waals surface area contributed by atoms with Gasteiger partial charge in [-0.05, 0) is 50.0 Å². The maximum atomic E-state index is 13.0. The number of amides is 1. The second-order valence-electron chi connectivity index (χ2n) is 7.85. The number of hydrogen-bond donors (Lipinski definition) is 0. The summed E-state index contributed by atoms with van der Waals surface area (Å²) in [7, 11) is 0. The van der Waals surface area contributed by atoms with Crippen molar-refractivity contribution in [2.45, 2.75) is 45.8 Å². The number of aromatic nitrogens is 2. The van der Waals surface area contributed by atoms with Gasteiger partial charge in [-0.3, -0.25) is 9.48 Å². The van der Waals surface area contributed by atoms with Crippen molar-refractivity contribution in [3.8, 4) is 0 Å². The van der Waals surface area contributed by atoms with Gasteiger partial charge in [0, 0.05) is 34.9 Å². The van der Waals surface area contributed by atoms with Gasteiger partial charge in [-0.2, -0.15) is 5.10 Å². The van der Waals surface area contributed by atoms with E-state index >= 15 is 0 Å². The molecule has 1 aromatic heterocycles. The Morgan fingerprint density at radius 1 is 1.13 bits per heavy atom. The summed E-state index contributed by atoms with van der Waals surface area (Å²) in [5, 5.41) is 5.40. The van der Waals surface area contributed by atoms with E-state index in [-0.39, 0.29) is 5.91 Å². The van der Waals surface area contributed by atoms with Crippen LogP contribution in [-0.2, 0) is 17.9 Å². The normalized spacial score (nSPS) is 13.7. The smallest absolute Gasteiger partial charge is 0.247 e. The summed E-state index contributed by atoms with van der Waals surface area (Å²) in [5.41, 5.74) is 5.11. The Kier molecular flexibility index (Phi) is 6.05. The molecule has 4 nitrogen and oxygen atoms in total. The van der Waals surface area contributed by atoms with Crippen LogP contribution >= 0.6 is 11.6 Å². The number of hydrogen-bond acceptors (Lipinski definition) is 2. The molecule has 0 spiro atoms. The molecule has 1 saturated carbocycles. The van der Waals surface area contributed by atoms with Crippen LogP contribution in [0.3, 0.4) is 0 Å². The van der Waals surface area contributed by atoms with E-state index in [0.29, 0.717) is 19.1 Å². The number of carbonyl (C=O) groups is 1. The molecule has 1 fully saturated rings. The summed E-state index contributed by atoms with van der Waals surface area (Å²) in [6.45, 7) is 5.27. The van der Waals surface area contributed by atoms with E-state index in [1.54, 1.807) is 6.08 Å². The summed E-state index contributed by atoms with van der Waals surface area (Å²) >= 11 is 6.31. The molecule has 1 amide bonds. The van der Waals surface area contributed by atoms with Gasteiger partial charge in [0.2, 0.25) is 5.91 Å². The fourth-order valence-corrected chi connectivity index (χ4v) is 3.89. The van der Waals surface area contributed by atoms with Crippen LogP contribution in [0, 0.1) is 13.8 Å². The Morgan fingerprint density at radius 3 is 2.53 bits per heavy atom. The van der Waals surface area contributed by atoms with Gasteiger partial charge < -0.3 is 4.90 Å². The van der Waals surface area contributed by atoms with E-state index in [1.165, 1.54) is 0 Å². The SMILES string of the molecule is Cc1nn(Cc2ccccc2Cl)c(C)c1C=CC(=O)N(Cc1ccccc1)C1CC1. The molecule has 0 radical (unpaired) electrons. The van der Waals surface area contributed by atoms with Crippen LogP contribution in [0.2, 0.25) is 5.02 Å². The highest BCUT2D eigenvalue weighted by atomic mass is 35.5. The average Bonchev–Trinajstić information content (AvgIpc) is 3.55. The molecule has 154 valence electrons. The molecule has 2 aromatic carbocycles. The van der Waals surface area contributed by atoms with Crippen molar-refractivity contribution >= 4 is 23.6 Å². The van der Waals surface area contributed by atoms with E-state index in [4.69, 9.17) is 11.6 Å². The van der Waals surface area contributed by atoms with Gasteiger partial charge in [-0.1, -0.05) is 60.1 Å². The zero-order valence-corrected chi connectivity index (χ0v) is 18.1. The van der Waals surface area contributed by atoms with Crippen LogP contribution in [-0.4, -0.2) is 26.6 Å². The van der Waals surface area contributed by atoms with Crippen molar-refractivity contribution in [3.05, 3.63) is 93.8 Å². The van der Waals surface area contributed by atoms with Crippen molar-refractivity contribution in [1.82, 2.24) is 14.7 Å². The van der Waals surface area contributed by atoms with Gasteiger partial charge >= 0.3 is 0 Å². The minimum absolute atomic E-state index is 0.0546. The lowest BCUT2D eigenvalue weighted by molar-refractivity contribution is -0.127. The highest BCUT2D eigenvalue weighted by molar-refractivity contribution is 6.31. The first-order valence-corrected chi connectivity index (χ1v) is 10.7. The third kappa shape index (κ3) is 4.65. The molecular formula is C25H26ClN3O. The molecule has 0 aliphatic heterocycles. The molecule has 5 heteroatoms. The molecule has 1 aliphatic carbocycles. The molecular weight excluding hydrogens is 394 g/mol. The van der Waals surface area contributed by atoms with E-state index in [1.807, 2.05) is 72.0 Å². The van der Waals surface area contributed by atoms with Crippen molar-refractivity contribution in [2.75, 3.05) is 0 Å². The third-order valence-corrected chi connectivity index (χ3v) is 5.94. The lowest BCUT2D eigenvalue weighted by atomic mass is 10.1. The van der Waals surface area contributed by atoms with Gasteiger partial charge in [-0.15, -0.1) is 0 Å². The topological polar surface area (TPSA) is 38.1 Å². The predicted octanol–water partition coefficient (Wildman–Crippen LogP) is 5.41. The highest BCUT2D eigenvalue weighted by Gasteiger charge is 2.31. The Balaban J connectivity index is 1.51. The summed E-state index contributed by atoms with van der Waals surface area (Å²) in [6, 6.07) is 18.3. The highest BCUT2D eigenvalue weighted by Crippen LogP contribution is 2.29. The minimum atomic E-state index is 0.0546.